The fourth-order valence-corrected chi connectivity index (χ4v) is 1.91. The molecule has 0 radical (unpaired) electrons. The summed E-state index contributed by atoms with van der Waals surface area (Å²) in [6.07, 6.45) is 2.53. The number of hydrogen-bond acceptors (Lipinski definition) is 3. The highest BCUT2D eigenvalue weighted by Gasteiger charge is 2.21. The molecule has 1 aromatic rings. The summed E-state index contributed by atoms with van der Waals surface area (Å²) in [5.41, 5.74) is 1.04. The first-order valence-electron chi connectivity index (χ1n) is 5.38. The van der Waals surface area contributed by atoms with E-state index in [9.17, 15) is 0 Å². The lowest BCUT2D eigenvalue weighted by Gasteiger charge is -2.13. The van der Waals surface area contributed by atoms with Gasteiger partial charge in [-0.15, -0.1) is 0 Å². The molecular formula is C12H16ClNO2. The average Bonchev–Trinajstić information content (AvgIpc) is 3.09. The molecule has 0 aromatic heterocycles. The lowest BCUT2D eigenvalue weighted by Crippen LogP contribution is -2.16. The number of nitrogens with one attached hydrogen (secondary N) is 1. The number of hydrogen-bond donors (Lipinski definition) is 1. The lowest BCUT2D eigenvalue weighted by atomic mass is 10.2. The minimum atomic E-state index is 0.662. The SMILES string of the molecule is COc1cc(Cl)cc(CNC2CC2)c1OC. The van der Waals surface area contributed by atoms with E-state index in [0.717, 1.165) is 17.9 Å². The van der Waals surface area contributed by atoms with Gasteiger partial charge in [-0.3, -0.25) is 0 Å². The predicted octanol–water partition coefficient (Wildman–Crippen LogP) is 2.61. The Hall–Kier alpha value is -0.930. The van der Waals surface area contributed by atoms with Crippen molar-refractivity contribution in [3.63, 3.8) is 0 Å². The molecule has 1 saturated carbocycles. The van der Waals surface area contributed by atoms with E-state index in [1.807, 2.05) is 6.07 Å². The molecule has 0 saturated heterocycles. The van der Waals surface area contributed by atoms with Crippen LogP contribution in [0, 0.1) is 0 Å². The van der Waals surface area contributed by atoms with Crippen LogP contribution < -0.4 is 14.8 Å². The number of benzene rings is 1. The van der Waals surface area contributed by atoms with Gasteiger partial charge < -0.3 is 14.8 Å². The van der Waals surface area contributed by atoms with Crippen molar-refractivity contribution in [2.24, 2.45) is 0 Å². The minimum absolute atomic E-state index is 0.662. The molecule has 0 spiro atoms. The first-order chi connectivity index (χ1) is 7.74. The van der Waals surface area contributed by atoms with Crippen molar-refractivity contribution < 1.29 is 9.47 Å². The summed E-state index contributed by atoms with van der Waals surface area (Å²) in [5.74, 6) is 1.45. The van der Waals surface area contributed by atoms with Crippen molar-refractivity contribution in [3.05, 3.63) is 22.7 Å². The third-order valence-electron chi connectivity index (χ3n) is 2.68. The molecule has 0 unspecified atom stereocenters. The van der Waals surface area contributed by atoms with Crippen molar-refractivity contribution in [3.8, 4) is 11.5 Å². The van der Waals surface area contributed by atoms with Crippen LogP contribution in [-0.2, 0) is 6.54 Å². The molecule has 4 heteroatoms. The lowest BCUT2D eigenvalue weighted by molar-refractivity contribution is 0.350. The molecular weight excluding hydrogens is 226 g/mol. The van der Waals surface area contributed by atoms with Gasteiger partial charge in [0.25, 0.3) is 0 Å². The van der Waals surface area contributed by atoms with Gasteiger partial charge in [0.1, 0.15) is 0 Å². The van der Waals surface area contributed by atoms with Crippen LogP contribution in [0.4, 0.5) is 0 Å². The molecule has 3 nitrogen and oxygen atoms in total. The summed E-state index contributed by atoms with van der Waals surface area (Å²) in [5, 5.41) is 4.10. The first kappa shape index (κ1) is 11.6. The molecule has 0 aliphatic heterocycles. The molecule has 1 aromatic carbocycles. The van der Waals surface area contributed by atoms with Gasteiger partial charge in [0.2, 0.25) is 0 Å². The Morgan fingerprint density at radius 1 is 1.31 bits per heavy atom. The van der Waals surface area contributed by atoms with Crippen LogP contribution in [0.1, 0.15) is 18.4 Å². The van der Waals surface area contributed by atoms with Crippen LogP contribution in [-0.4, -0.2) is 20.3 Å². The van der Waals surface area contributed by atoms with Crippen LogP contribution in [0.3, 0.4) is 0 Å². The third kappa shape index (κ3) is 2.60. The maximum atomic E-state index is 6.03. The molecule has 1 aliphatic carbocycles. The molecule has 0 atom stereocenters. The number of halogens is 1. The maximum Gasteiger partial charge on any atom is 0.165 e. The van der Waals surface area contributed by atoms with E-state index >= 15 is 0 Å². The summed E-state index contributed by atoms with van der Waals surface area (Å²) in [6.45, 7) is 0.769. The molecule has 2 rings (SSSR count). The van der Waals surface area contributed by atoms with Crippen molar-refractivity contribution in [2.75, 3.05) is 14.2 Å². The number of ether oxygens (including phenoxy) is 2. The van der Waals surface area contributed by atoms with Gasteiger partial charge in [0.15, 0.2) is 11.5 Å². The average molecular weight is 242 g/mol. The van der Waals surface area contributed by atoms with Crippen molar-refractivity contribution in [1.29, 1.82) is 0 Å². The molecule has 1 aliphatic rings. The molecule has 0 amide bonds. The Balaban J connectivity index is 2.21. The van der Waals surface area contributed by atoms with Gasteiger partial charge in [0, 0.05) is 29.2 Å². The summed E-state index contributed by atoms with van der Waals surface area (Å²) in [6, 6.07) is 4.34. The van der Waals surface area contributed by atoms with Gasteiger partial charge >= 0.3 is 0 Å². The zero-order valence-corrected chi connectivity index (χ0v) is 10.3. The Labute approximate surface area is 101 Å². The molecule has 0 heterocycles. The standard InChI is InChI=1S/C12H16ClNO2/c1-15-11-6-9(13)5-8(12(11)16-2)7-14-10-3-4-10/h5-6,10,14H,3-4,7H2,1-2H3. The largest absolute Gasteiger partial charge is 0.493 e. The van der Waals surface area contributed by atoms with Crippen LogP contribution in [0.25, 0.3) is 0 Å². The van der Waals surface area contributed by atoms with Crippen molar-refractivity contribution >= 4 is 11.6 Å². The van der Waals surface area contributed by atoms with Gasteiger partial charge in [-0.1, -0.05) is 11.6 Å². The smallest absolute Gasteiger partial charge is 0.165 e. The maximum absolute atomic E-state index is 6.03. The summed E-state index contributed by atoms with van der Waals surface area (Å²) >= 11 is 6.03. The number of rotatable bonds is 5. The Bertz CT molecular complexity index is 378. The zero-order chi connectivity index (χ0) is 11.5. The summed E-state index contributed by atoms with van der Waals surface area (Å²) in [4.78, 5) is 0. The fraction of sp³-hybridized carbons (Fsp3) is 0.500. The van der Waals surface area contributed by atoms with Gasteiger partial charge in [-0.25, -0.2) is 0 Å². The molecule has 1 fully saturated rings. The van der Waals surface area contributed by atoms with E-state index in [4.69, 9.17) is 21.1 Å². The normalized spacial score (nSPS) is 14.9. The Morgan fingerprint density at radius 2 is 2.06 bits per heavy atom. The summed E-state index contributed by atoms with van der Waals surface area (Å²) in [7, 11) is 3.26. The highest BCUT2D eigenvalue weighted by atomic mass is 35.5. The van der Waals surface area contributed by atoms with Crippen LogP contribution in [0.5, 0.6) is 11.5 Å². The fourth-order valence-electron chi connectivity index (χ4n) is 1.68. The van der Waals surface area contributed by atoms with E-state index in [1.165, 1.54) is 12.8 Å². The second-order valence-corrected chi connectivity index (χ2v) is 4.39. The van der Waals surface area contributed by atoms with Crippen molar-refractivity contribution in [1.82, 2.24) is 5.32 Å². The van der Waals surface area contributed by atoms with Crippen LogP contribution >= 0.6 is 11.6 Å². The molecule has 1 N–H and O–H groups in total. The van der Waals surface area contributed by atoms with E-state index in [2.05, 4.69) is 5.32 Å². The van der Waals surface area contributed by atoms with Gasteiger partial charge in [0.05, 0.1) is 14.2 Å². The number of methoxy groups -OCH3 is 2. The first-order valence-corrected chi connectivity index (χ1v) is 5.76. The van der Waals surface area contributed by atoms with E-state index < -0.39 is 0 Å². The third-order valence-corrected chi connectivity index (χ3v) is 2.90. The van der Waals surface area contributed by atoms with Crippen LogP contribution in [0.2, 0.25) is 5.02 Å². The predicted molar refractivity (Wildman–Crippen MR) is 64.4 cm³/mol. The highest BCUT2D eigenvalue weighted by Crippen LogP contribution is 2.34. The second-order valence-electron chi connectivity index (χ2n) is 3.96. The molecule has 0 bridgehead atoms. The Morgan fingerprint density at radius 3 is 2.62 bits per heavy atom. The van der Waals surface area contributed by atoms with Gasteiger partial charge in [-0.2, -0.15) is 0 Å². The minimum Gasteiger partial charge on any atom is -0.493 e. The van der Waals surface area contributed by atoms with Crippen LogP contribution in [0.15, 0.2) is 12.1 Å². The van der Waals surface area contributed by atoms with E-state index in [1.54, 1.807) is 20.3 Å². The quantitative estimate of drug-likeness (QED) is 0.860. The van der Waals surface area contributed by atoms with E-state index in [0.29, 0.717) is 16.8 Å². The van der Waals surface area contributed by atoms with E-state index in [-0.39, 0.29) is 0 Å². The monoisotopic (exact) mass is 241 g/mol. The van der Waals surface area contributed by atoms with Gasteiger partial charge in [-0.05, 0) is 18.9 Å². The topological polar surface area (TPSA) is 30.5 Å². The molecule has 88 valence electrons. The summed E-state index contributed by atoms with van der Waals surface area (Å²) < 4.78 is 10.6. The molecule has 16 heavy (non-hydrogen) atoms. The zero-order valence-electron chi connectivity index (χ0n) is 9.55. The van der Waals surface area contributed by atoms with Crippen molar-refractivity contribution in [2.45, 2.75) is 25.4 Å². The highest BCUT2D eigenvalue weighted by molar-refractivity contribution is 6.30. The Kier molecular flexibility index (Phi) is 3.56. The second kappa shape index (κ2) is 4.93.